The first-order valence-electron chi connectivity index (χ1n) is 11.8. The molecule has 0 radical (unpaired) electrons. The molecule has 182 valence electrons. The SMILES string of the molecule is C[C@H](NCCc1c[nH]c2c(O[C@H](C)C(=O)N3CCOCC3)cccc12)[C@H](O)c1ccc(O)cc1. The summed E-state index contributed by atoms with van der Waals surface area (Å²) in [6.45, 7) is 6.71. The van der Waals surface area contributed by atoms with Crippen molar-refractivity contribution >= 4 is 16.8 Å². The van der Waals surface area contributed by atoms with Gasteiger partial charge in [-0.25, -0.2) is 0 Å². The number of hydrogen-bond donors (Lipinski definition) is 4. The Balaban J connectivity index is 1.35. The highest BCUT2D eigenvalue weighted by Gasteiger charge is 2.24. The Morgan fingerprint density at radius 3 is 2.65 bits per heavy atom. The van der Waals surface area contributed by atoms with Crippen molar-refractivity contribution in [2.45, 2.75) is 38.5 Å². The number of aromatic hydroxyl groups is 1. The molecule has 1 saturated heterocycles. The number of carbonyl (C=O) groups excluding carboxylic acids is 1. The summed E-state index contributed by atoms with van der Waals surface area (Å²) in [6.07, 6.45) is 1.47. The molecule has 0 spiro atoms. The topological polar surface area (TPSA) is 107 Å². The Hall–Kier alpha value is -3.07. The van der Waals surface area contributed by atoms with Crippen LogP contribution in [0.3, 0.4) is 0 Å². The molecule has 1 aliphatic rings. The van der Waals surface area contributed by atoms with Gasteiger partial charge >= 0.3 is 0 Å². The molecule has 2 aromatic carbocycles. The van der Waals surface area contributed by atoms with Crippen LogP contribution in [-0.4, -0.2) is 71.0 Å². The van der Waals surface area contributed by atoms with Gasteiger partial charge in [0.25, 0.3) is 5.91 Å². The van der Waals surface area contributed by atoms with Crippen LogP contribution in [0.5, 0.6) is 11.5 Å². The fraction of sp³-hybridized carbons (Fsp3) is 0.423. The van der Waals surface area contributed by atoms with Gasteiger partial charge in [0.1, 0.15) is 11.5 Å². The molecule has 1 fully saturated rings. The van der Waals surface area contributed by atoms with Crippen molar-refractivity contribution in [1.29, 1.82) is 0 Å². The number of fused-ring (bicyclic) bond motifs is 1. The van der Waals surface area contributed by atoms with Crippen LogP contribution in [0.15, 0.2) is 48.7 Å². The van der Waals surface area contributed by atoms with E-state index in [1.54, 1.807) is 36.1 Å². The molecule has 0 saturated carbocycles. The largest absolute Gasteiger partial charge is 0.508 e. The average Bonchev–Trinajstić information content (AvgIpc) is 3.28. The number of aliphatic hydroxyl groups is 1. The number of phenolic OH excluding ortho intramolecular Hbond substituents is 1. The minimum atomic E-state index is -0.672. The summed E-state index contributed by atoms with van der Waals surface area (Å²) in [5.74, 6) is 0.804. The third kappa shape index (κ3) is 5.52. The molecular formula is C26H33N3O5. The van der Waals surface area contributed by atoms with E-state index in [-0.39, 0.29) is 17.7 Å². The van der Waals surface area contributed by atoms with Crippen molar-refractivity contribution in [2.75, 3.05) is 32.8 Å². The quantitative estimate of drug-likeness (QED) is 0.386. The van der Waals surface area contributed by atoms with Crippen LogP contribution in [0.2, 0.25) is 0 Å². The van der Waals surface area contributed by atoms with Gasteiger partial charge in [-0.2, -0.15) is 0 Å². The normalized spacial score (nSPS) is 16.9. The van der Waals surface area contributed by atoms with E-state index >= 15 is 0 Å². The third-order valence-corrected chi connectivity index (χ3v) is 6.31. The highest BCUT2D eigenvalue weighted by molar-refractivity contribution is 5.89. The number of amides is 1. The zero-order valence-electron chi connectivity index (χ0n) is 19.7. The number of H-pyrrole nitrogens is 1. The van der Waals surface area contributed by atoms with E-state index in [9.17, 15) is 15.0 Å². The number of aliphatic hydroxyl groups excluding tert-OH is 1. The van der Waals surface area contributed by atoms with Gasteiger partial charge in [0.15, 0.2) is 6.10 Å². The third-order valence-electron chi connectivity index (χ3n) is 6.31. The summed E-state index contributed by atoms with van der Waals surface area (Å²) in [4.78, 5) is 17.8. The lowest BCUT2D eigenvalue weighted by molar-refractivity contribution is -0.142. The number of morpholine rings is 1. The number of carbonyl (C=O) groups is 1. The summed E-state index contributed by atoms with van der Waals surface area (Å²) in [5.41, 5.74) is 2.76. The van der Waals surface area contributed by atoms with Crippen molar-refractivity contribution < 1.29 is 24.5 Å². The van der Waals surface area contributed by atoms with Crippen LogP contribution in [0.25, 0.3) is 10.9 Å². The summed E-state index contributed by atoms with van der Waals surface area (Å²) in [7, 11) is 0. The molecule has 1 amide bonds. The lowest BCUT2D eigenvalue weighted by Gasteiger charge is -2.29. The zero-order chi connectivity index (χ0) is 24.1. The van der Waals surface area contributed by atoms with Crippen LogP contribution >= 0.6 is 0 Å². The van der Waals surface area contributed by atoms with E-state index < -0.39 is 12.2 Å². The molecular weight excluding hydrogens is 434 g/mol. The molecule has 34 heavy (non-hydrogen) atoms. The number of para-hydroxylation sites is 1. The summed E-state index contributed by atoms with van der Waals surface area (Å²) < 4.78 is 11.4. The maximum atomic E-state index is 12.7. The molecule has 8 heteroatoms. The molecule has 3 atom stereocenters. The second-order valence-corrected chi connectivity index (χ2v) is 8.72. The molecule has 0 aliphatic carbocycles. The van der Waals surface area contributed by atoms with Crippen LogP contribution in [0.1, 0.15) is 31.1 Å². The van der Waals surface area contributed by atoms with E-state index in [4.69, 9.17) is 9.47 Å². The number of phenols is 1. The molecule has 8 nitrogen and oxygen atoms in total. The van der Waals surface area contributed by atoms with Gasteiger partial charge in [0.2, 0.25) is 0 Å². The fourth-order valence-corrected chi connectivity index (χ4v) is 4.28. The van der Waals surface area contributed by atoms with E-state index in [0.29, 0.717) is 38.6 Å². The predicted octanol–water partition coefficient (Wildman–Crippen LogP) is 2.75. The molecule has 2 heterocycles. The monoisotopic (exact) mass is 467 g/mol. The highest BCUT2D eigenvalue weighted by Crippen LogP contribution is 2.28. The zero-order valence-corrected chi connectivity index (χ0v) is 19.7. The van der Waals surface area contributed by atoms with Crippen molar-refractivity contribution in [3.05, 3.63) is 59.8 Å². The number of hydrogen-bond acceptors (Lipinski definition) is 6. The molecule has 1 aromatic heterocycles. The van der Waals surface area contributed by atoms with E-state index in [0.717, 1.165) is 28.5 Å². The number of aromatic nitrogens is 1. The van der Waals surface area contributed by atoms with Gasteiger partial charge in [0, 0.05) is 30.7 Å². The Morgan fingerprint density at radius 2 is 1.91 bits per heavy atom. The number of ether oxygens (including phenoxy) is 2. The minimum absolute atomic E-state index is 0.0301. The number of benzene rings is 2. The summed E-state index contributed by atoms with van der Waals surface area (Å²) in [5, 5.41) is 24.4. The van der Waals surface area contributed by atoms with Crippen molar-refractivity contribution in [3.8, 4) is 11.5 Å². The van der Waals surface area contributed by atoms with Gasteiger partial charge in [0.05, 0.1) is 24.8 Å². The summed E-state index contributed by atoms with van der Waals surface area (Å²) in [6, 6.07) is 12.3. The Labute approximate surface area is 199 Å². The highest BCUT2D eigenvalue weighted by atomic mass is 16.5. The molecule has 0 unspecified atom stereocenters. The van der Waals surface area contributed by atoms with Crippen molar-refractivity contribution in [3.63, 3.8) is 0 Å². The molecule has 4 N–H and O–H groups in total. The van der Waals surface area contributed by atoms with Crippen LogP contribution in [0.4, 0.5) is 0 Å². The summed E-state index contributed by atoms with van der Waals surface area (Å²) >= 11 is 0. The fourth-order valence-electron chi connectivity index (χ4n) is 4.28. The second-order valence-electron chi connectivity index (χ2n) is 8.72. The Kier molecular flexibility index (Phi) is 7.72. The van der Waals surface area contributed by atoms with Gasteiger partial charge in [-0.15, -0.1) is 0 Å². The lowest BCUT2D eigenvalue weighted by atomic mass is 10.0. The number of rotatable bonds is 9. The lowest BCUT2D eigenvalue weighted by Crippen LogP contribution is -2.46. The van der Waals surface area contributed by atoms with E-state index in [1.807, 2.05) is 31.3 Å². The smallest absolute Gasteiger partial charge is 0.263 e. The van der Waals surface area contributed by atoms with Crippen molar-refractivity contribution in [1.82, 2.24) is 15.2 Å². The first kappa shape index (κ1) is 24.1. The number of aromatic amines is 1. The van der Waals surface area contributed by atoms with Crippen LogP contribution < -0.4 is 10.1 Å². The van der Waals surface area contributed by atoms with E-state index in [2.05, 4.69) is 10.3 Å². The standard InChI is InChI=1S/C26H33N3O5/c1-17(25(31)19-6-8-21(30)9-7-19)27-11-10-20-16-28-24-22(20)4-3-5-23(24)34-18(2)26(32)29-12-14-33-15-13-29/h3-9,16-18,25,27-28,30-31H,10-15H2,1-2H3/t17-,18+,25-/m0/s1. The maximum Gasteiger partial charge on any atom is 0.263 e. The molecule has 3 aromatic rings. The van der Waals surface area contributed by atoms with Gasteiger partial charge in [-0.3, -0.25) is 4.79 Å². The molecule has 4 rings (SSSR count). The van der Waals surface area contributed by atoms with Crippen molar-refractivity contribution in [2.24, 2.45) is 0 Å². The first-order chi connectivity index (χ1) is 16.4. The van der Waals surface area contributed by atoms with Gasteiger partial charge in [-0.1, -0.05) is 24.3 Å². The molecule has 0 bridgehead atoms. The molecule has 1 aliphatic heterocycles. The number of nitrogens with zero attached hydrogens (tertiary/aromatic N) is 1. The van der Waals surface area contributed by atoms with Crippen LogP contribution in [-0.2, 0) is 16.0 Å². The number of nitrogens with one attached hydrogen (secondary N) is 2. The van der Waals surface area contributed by atoms with Gasteiger partial charge in [-0.05, 0) is 56.1 Å². The minimum Gasteiger partial charge on any atom is -0.508 e. The Bertz CT molecular complexity index is 1090. The maximum absolute atomic E-state index is 12.7. The second kappa shape index (κ2) is 10.9. The van der Waals surface area contributed by atoms with E-state index in [1.165, 1.54) is 0 Å². The van der Waals surface area contributed by atoms with Crippen LogP contribution in [0, 0.1) is 0 Å². The Morgan fingerprint density at radius 1 is 1.18 bits per heavy atom. The first-order valence-corrected chi connectivity index (χ1v) is 11.8. The predicted molar refractivity (Wildman–Crippen MR) is 130 cm³/mol. The average molecular weight is 468 g/mol. The van der Waals surface area contributed by atoms with Gasteiger partial charge < -0.3 is 34.9 Å².